The van der Waals surface area contributed by atoms with E-state index in [0.29, 0.717) is 6.04 Å². The van der Waals surface area contributed by atoms with E-state index in [1.807, 2.05) is 20.8 Å². The van der Waals surface area contributed by atoms with Gasteiger partial charge >= 0.3 is 0 Å². The molecular weight excluding hydrogens is 318 g/mol. The summed E-state index contributed by atoms with van der Waals surface area (Å²) in [5, 5.41) is 0.824. The Hall–Kier alpha value is -0.770. The molecule has 0 radical (unpaired) electrons. The van der Waals surface area contributed by atoms with E-state index in [2.05, 4.69) is 20.8 Å². The van der Waals surface area contributed by atoms with E-state index in [1.54, 1.807) is 0 Å². The minimum atomic E-state index is 0.142. The number of amides is 1. The van der Waals surface area contributed by atoms with Gasteiger partial charge < -0.3 is 9.32 Å². The van der Waals surface area contributed by atoms with E-state index < -0.39 is 0 Å². The van der Waals surface area contributed by atoms with Crippen LogP contribution in [0.5, 0.6) is 0 Å². The smallest absolute Gasteiger partial charge is 0.257 e. The fourth-order valence-electron chi connectivity index (χ4n) is 3.19. The van der Waals surface area contributed by atoms with E-state index in [0.717, 1.165) is 47.4 Å². The molecule has 0 spiro atoms. The molecule has 0 bridgehead atoms. The Morgan fingerprint density at radius 1 is 1.20 bits per heavy atom. The van der Waals surface area contributed by atoms with Gasteiger partial charge in [-0.05, 0) is 33.6 Å². The maximum Gasteiger partial charge on any atom is 0.257 e. The second kappa shape index (κ2) is 6.79. The molecule has 2 rings (SSSR count). The molecule has 0 aliphatic heterocycles. The molecular formula is C16H24BrNO2. The van der Waals surface area contributed by atoms with Crippen molar-refractivity contribution in [1.82, 2.24) is 4.90 Å². The fraction of sp³-hybridized carbons (Fsp3) is 0.688. The first-order valence-corrected chi connectivity index (χ1v) is 8.62. The van der Waals surface area contributed by atoms with Gasteiger partial charge in [-0.3, -0.25) is 4.79 Å². The summed E-state index contributed by atoms with van der Waals surface area (Å²) in [5.74, 6) is 1.75. The van der Waals surface area contributed by atoms with Gasteiger partial charge in [0.2, 0.25) is 0 Å². The highest BCUT2D eigenvalue weighted by atomic mass is 79.9. The zero-order valence-electron chi connectivity index (χ0n) is 12.7. The average Bonchev–Trinajstić information content (AvgIpc) is 2.70. The molecule has 0 aromatic carbocycles. The van der Waals surface area contributed by atoms with Crippen LogP contribution in [-0.4, -0.2) is 28.7 Å². The van der Waals surface area contributed by atoms with Crippen LogP contribution in [0, 0.1) is 20.8 Å². The van der Waals surface area contributed by atoms with Crippen molar-refractivity contribution in [3.63, 3.8) is 0 Å². The predicted molar refractivity (Wildman–Crippen MR) is 84.6 cm³/mol. The first-order valence-electron chi connectivity index (χ1n) is 7.49. The highest BCUT2D eigenvalue weighted by Crippen LogP contribution is 2.27. The van der Waals surface area contributed by atoms with Gasteiger partial charge in [-0.2, -0.15) is 0 Å². The summed E-state index contributed by atoms with van der Waals surface area (Å²) >= 11 is 3.48. The molecule has 112 valence electrons. The van der Waals surface area contributed by atoms with Crippen LogP contribution in [0.4, 0.5) is 0 Å². The van der Waals surface area contributed by atoms with Gasteiger partial charge in [0.1, 0.15) is 11.5 Å². The van der Waals surface area contributed by atoms with Crippen molar-refractivity contribution in [3.8, 4) is 0 Å². The van der Waals surface area contributed by atoms with E-state index >= 15 is 0 Å². The van der Waals surface area contributed by atoms with Gasteiger partial charge in [-0.25, -0.2) is 0 Å². The third-order valence-corrected chi connectivity index (χ3v) is 4.73. The number of furan rings is 1. The number of aryl methyl sites for hydroxylation is 2. The van der Waals surface area contributed by atoms with Crippen molar-refractivity contribution >= 4 is 21.8 Å². The molecule has 4 heteroatoms. The number of hydrogen-bond donors (Lipinski definition) is 0. The molecule has 0 N–H and O–H groups in total. The van der Waals surface area contributed by atoms with Crippen LogP contribution >= 0.6 is 15.9 Å². The van der Waals surface area contributed by atoms with Crippen LogP contribution in [0.25, 0.3) is 0 Å². The highest BCUT2D eigenvalue weighted by molar-refractivity contribution is 9.09. The third kappa shape index (κ3) is 3.11. The number of carbonyl (C=O) groups is 1. The quantitative estimate of drug-likeness (QED) is 0.761. The normalized spacial score (nSPS) is 16.4. The Kier molecular flexibility index (Phi) is 5.30. The summed E-state index contributed by atoms with van der Waals surface area (Å²) in [7, 11) is 0. The minimum Gasteiger partial charge on any atom is -0.466 e. The lowest BCUT2D eigenvalue weighted by Gasteiger charge is -2.34. The summed E-state index contributed by atoms with van der Waals surface area (Å²) in [6.45, 7) is 6.56. The topological polar surface area (TPSA) is 33.5 Å². The number of carbonyl (C=O) groups excluding carboxylic acids is 1. The lowest BCUT2D eigenvalue weighted by Crippen LogP contribution is -2.42. The molecule has 0 atom stereocenters. The molecule has 1 aromatic rings. The van der Waals surface area contributed by atoms with Gasteiger partial charge in [-0.15, -0.1) is 0 Å². The number of hydrogen-bond acceptors (Lipinski definition) is 2. The number of rotatable bonds is 4. The summed E-state index contributed by atoms with van der Waals surface area (Å²) in [4.78, 5) is 15.0. The van der Waals surface area contributed by atoms with Crippen molar-refractivity contribution in [3.05, 3.63) is 22.6 Å². The Morgan fingerprint density at radius 3 is 2.35 bits per heavy atom. The molecule has 1 amide bonds. The Balaban J connectivity index is 2.26. The van der Waals surface area contributed by atoms with Gasteiger partial charge in [0, 0.05) is 23.5 Å². The van der Waals surface area contributed by atoms with Gasteiger partial charge in [0.15, 0.2) is 0 Å². The number of nitrogens with zero attached hydrogens (tertiary/aromatic N) is 1. The number of halogens is 1. The first-order chi connectivity index (χ1) is 9.56. The van der Waals surface area contributed by atoms with Crippen molar-refractivity contribution in [2.75, 3.05) is 11.9 Å². The fourth-order valence-corrected chi connectivity index (χ4v) is 3.57. The van der Waals surface area contributed by atoms with Crippen LogP contribution in [0.1, 0.15) is 59.5 Å². The monoisotopic (exact) mass is 341 g/mol. The molecule has 1 aliphatic rings. The maximum atomic E-state index is 12.9. The Morgan fingerprint density at radius 2 is 1.85 bits per heavy atom. The second-order valence-electron chi connectivity index (χ2n) is 5.69. The molecule has 3 nitrogen and oxygen atoms in total. The van der Waals surface area contributed by atoms with E-state index in [1.165, 1.54) is 19.3 Å². The molecule has 1 aromatic heterocycles. The van der Waals surface area contributed by atoms with Crippen LogP contribution in [-0.2, 0) is 0 Å². The molecule has 1 saturated carbocycles. The third-order valence-electron chi connectivity index (χ3n) is 4.38. The minimum absolute atomic E-state index is 0.142. The van der Waals surface area contributed by atoms with Crippen LogP contribution in [0.3, 0.4) is 0 Å². The standard InChI is InChI=1S/C16H24BrNO2/c1-11-12(2)20-13(3)15(11)16(19)18(10-9-17)14-7-5-4-6-8-14/h14H,4-10H2,1-3H3. The van der Waals surface area contributed by atoms with E-state index in [9.17, 15) is 4.79 Å². The van der Waals surface area contributed by atoms with Crippen LogP contribution < -0.4 is 0 Å². The van der Waals surface area contributed by atoms with Crippen molar-refractivity contribution < 1.29 is 9.21 Å². The highest BCUT2D eigenvalue weighted by Gasteiger charge is 2.29. The zero-order chi connectivity index (χ0) is 14.7. The van der Waals surface area contributed by atoms with Crippen LogP contribution in [0.15, 0.2) is 4.42 Å². The lowest BCUT2D eigenvalue weighted by molar-refractivity contribution is 0.0648. The van der Waals surface area contributed by atoms with Gasteiger partial charge in [0.25, 0.3) is 5.91 Å². The van der Waals surface area contributed by atoms with Crippen molar-refractivity contribution in [2.24, 2.45) is 0 Å². The lowest BCUT2D eigenvalue weighted by atomic mass is 9.93. The molecule has 0 saturated heterocycles. The SMILES string of the molecule is Cc1oc(C)c(C(=O)N(CCBr)C2CCCCC2)c1C. The van der Waals surface area contributed by atoms with Gasteiger partial charge in [0.05, 0.1) is 5.56 Å². The summed E-state index contributed by atoms with van der Waals surface area (Å²) in [6, 6.07) is 0.391. The van der Waals surface area contributed by atoms with Crippen LogP contribution in [0.2, 0.25) is 0 Å². The Bertz CT molecular complexity index is 475. The molecule has 1 fully saturated rings. The average molecular weight is 342 g/mol. The molecule has 1 aliphatic carbocycles. The zero-order valence-corrected chi connectivity index (χ0v) is 14.3. The van der Waals surface area contributed by atoms with Crippen molar-refractivity contribution in [1.29, 1.82) is 0 Å². The van der Waals surface area contributed by atoms with Crippen molar-refractivity contribution in [2.45, 2.75) is 58.9 Å². The Labute approximate surface area is 129 Å². The molecule has 0 unspecified atom stereocenters. The maximum absolute atomic E-state index is 12.9. The number of alkyl halides is 1. The second-order valence-corrected chi connectivity index (χ2v) is 6.49. The summed E-state index contributed by atoms with van der Waals surface area (Å²) in [5.41, 5.74) is 1.76. The van der Waals surface area contributed by atoms with E-state index in [4.69, 9.17) is 4.42 Å². The molecule has 1 heterocycles. The van der Waals surface area contributed by atoms with E-state index in [-0.39, 0.29) is 5.91 Å². The predicted octanol–water partition coefficient (Wildman–Crippen LogP) is 4.37. The summed E-state index contributed by atoms with van der Waals surface area (Å²) < 4.78 is 5.62. The van der Waals surface area contributed by atoms with Gasteiger partial charge in [-0.1, -0.05) is 35.2 Å². The largest absolute Gasteiger partial charge is 0.466 e. The molecule has 20 heavy (non-hydrogen) atoms. The summed E-state index contributed by atoms with van der Waals surface area (Å²) in [6.07, 6.45) is 6.04. The first kappa shape index (κ1) is 15.6.